The number of rotatable bonds is 5. The third-order valence-corrected chi connectivity index (χ3v) is 4.26. The molecule has 1 aliphatic heterocycles. The molecule has 2 rings (SSSR count). The Morgan fingerprint density at radius 3 is 2.91 bits per heavy atom. The summed E-state index contributed by atoms with van der Waals surface area (Å²) in [5, 5.41) is 12.5. The van der Waals surface area contributed by atoms with Gasteiger partial charge in [0.25, 0.3) is 5.91 Å². The Labute approximate surface area is 138 Å². The number of carbonyl (C=O) groups is 2. The number of amides is 2. The molecule has 0 bridgehead atoms. The van der Waals surface area contributed by atoms with Crippen LogP contribution in [0, 0.1) is 0 Å². The number of nitrogens with zero attached hydrogens (tertiary/aromatic N) is 1. The fourth-order valence-electron chi connectivity index (χ4n) is 2.54. The first kappa shape index (κ1) is 16.8. The highest BCUT2D eigenvalue weighted by molar-refractivity contribution is 9.10. The zero-order chi connectivity index (χ0) is 15.9. The minimum absolute atomic E-state index is 0.0467. The van der Waals surface area contributed by atoms with E-state index in [4.69, 9.17) is 0 Å². The van der Waals surface area contributed by atoms with Crippen LogP contribution in [-0.2, 0) is 4.79 Å². The molecule has 2 amide bonds. The number of halogens is 1. The second-order valence-electron chi connectivity index (χ2n) is 5.46. The summed E-state index contributed by atoms with van der Waals surface area (Å²) in [6.45, 7) is 1.98. The van der Waals surface area contributed by atoms with Crippen LogP contribution in [0.1, 0.15) is 42.5 Å². The lowest BCUT2D eigenvalue weighted by molar-refractivity contribution is -0.130. The molecule has 6 heteroatoms. The average Bonchev–Trinajstić information content (AvgIpc) is 2.68. The zero-order valence-electron chi connectivity index (χ0n) is 12.5. The van der Waals surface area contributed by atoms with Gasteiger partial charge in [-0.25, -0.2) is 0 Å². The quantitative estimate of drug-likeness (QED) is 0.784. The smallest absolute Gasteiger partial charge is 0.255 e. The maximum Gasteiger partial charge on any atom is 0.255 e. The Balaban J connectivity index is 1.76. The minimum Gasteiger partial charge on any atom is -0.507 e. The molecule has 0 atom stereocenters. The van der Waals surface area contributed by atoms with Gasteiger partial charge in [0.15, 0.2) is 0 Å². The molecule has 0 saturated carbocycles. The maximum atomic E-state index is 12.0. The van der Waals surface area contributed by atoms with E-state index in [-0.39, 0.29) is 23.1 Å². The van der Waals surface area contributed by atoms with Crippen molar-refractivity contribution in [3.05, 3.63) is 28.2 Å². The molecular formula is C16H21BrN2O3. The number of nitrogens with one attached hydrogen (secondary N) is 1. The molecule has 0 spiro atoms. The van der Waals surface area contributed by atoms with Gasteiger partial charge in [-0.15, -0.1) is 0 Å². The van der Waals surface area contributed by atoms with Crippen molar-refractivity contribution in [3.8, 4) is 5.75 Å². The first-order valence-corrected chi connectivity index (χ1v) is 8.42. The summed E-state index contributed by atoms with van der Waals surface area (Å²) in [7, 11) is 0. The number of phenolic OH excluding ortho intramolecular Hbond substituents is 1. The molecule has 120 valence electrons. The van der Waals surface area contributed by atoms with Gasteiger partial charge >= 0.3 is 0 Å². The highest BCUT2D eigenvalue weighted by Crippen LogP contribution is 2.22. The predicted octanol–water partition coefficient (Wildman–Crippen LogP) is 2.68. The van der Waals surface area contributed by atoms with Crippen LogP contribution < -0.4 is 5.32 Å². The molecule has 2 N–H and O–H groups in total. The number of benzene rings is 1. The fraction of sp³-hybridized carbons (Fsp3) is 0.500. The van der Waals surface area contributed by atoms with Gasteiger partial charge in [0.1, 0.15) is 5.75 Å². The fourth-order valence-corrected chi connectivity index (χ4v) is 2.89. The van der Waals surface area contributed by atoms with Gasteiger partial charge in [-0.05, 0) is 37.5 Å². The van der Waals surface area contributed by atoms with Crippen molar-refractivity contribution >= 4 is 27.7 Å². The molecule has 0 aromatic heterocycles. The van der Waals surface area contributed by atoms with E-state index in [1.807, 2.05) is 4.90 Å². The van der Waals surface area contributed by atoms with Crippen LogP contribution in [0.2, 0.25) is 0 Å². The lowest BCUT2D eigenvalue weighted by Gasteiger charge is -2.20. The summed E-state index contributed by atoms with van der Waals surface area (Å²) >= 11 is 3.24. The maximum absolute atomic E-state index is 12.0. The van der Waals surface area contributed by atoms with E-state index in [0.717, 1.165) is 36.7 Å². The molecule has 1 aliphatic rings. The SMILES string of the molecule is O=C(NCCCN1CCCCCC1=O)c1ccc(Br)cc1O. The Bertz CT molecular complexity index is 548. The molecule has 0 unspecified atom stereocenters. The van der Waals surface area contributed by atoms with Gasteiger partial charge in [0, 0.05) is 30.5 Å². The molecule has 1 aromatic carbocycles. The van der Waals surface area contributed by atoms with Gasteiger partial charge < -0.3 is 15.3 Å². The number of aromatic hydroxyl groups is 1. The van der Waals surface area contributed by atoms with Gasteiger partial charge in [0.05, 0.1) is 5.56 Å². The van der Waals surface area contributed by atoms with Crippen molar-refractivity contribution < 1.29 is 14.7 Å². The summed E-state index contributed by atoms with van der Waals surface area (Å²) in [6, 6.07) is 4.78. The van der Waals surface area contributed by atoms with Crippen LogP contribution in [0.15, 0.2) is 22.7 Å². The Kier molecular flexibility index (Phi) is 6.24. The lowest BCUT2D eigenvalue weighted by Crippen LogP contribution is -2.34. The van der Waals surface area contributed by atoms with E-state index in [1.165, 1.54) is 6.07 Å². The summed E-state index contributed by atoms with van der Waals surface area (Å²) < 4.78 is 0.723. The van der Waals surface area contributed by atoms with E-state index in [0.29, 0.717) is 19.5 Å². The molecule has 1 saturated heterocycles. The van der Waals surface area contributed by atoms with E-state index in [2.05, 4.69) is 21.2 Å². The van der Waals surface area contributed by atoms with Crippen molar-refractivity contribution in [2.45, 2.75) is 32.1 Å². The van der Waals surface area contributed by atoms with Crippen molar-refractivity contribution in [1.29, 1.82) is 0 Å². The molecule has 1 heterocycles. The molecule has 0 radical (unpaired) electrons. The standard InChI is InChI=1S/C16H21BrN2O3/c17-12-6-7-13(14(20)11-12)16(22)18-8-4-10-19-9-3-1-2-5-15(19)21/h6-7,11,20H,1-5,8-10H2,(H,18,22). The first-order valence-electron chi connectivity index (χ1n) is 7.62. The Hall–Kier alpha value is -1.56. The Morgan fingerprint density at radius 2 is 2.14 bits per heavy atom. The highest BCUT2D eigenvalue weighted by Gasteiger charge is 2.16. The first-order chi connectivity index (χ1) is 10.6. The van der Waals surface area contributed by atoms with Crippen LogP contribution >= 0.6 is 15.9 Å². The number of hydrogen-bond donors (Lipinski definition) is 2. The Morgan fingerprint density at radius 1 is 1.32 bits per heavy atom. The van der Waals surface area contributed by atoms with Crippen molar-refractivity contribution in [1.82, 2.24) is 10.2 Å². The predicted molar refractivity (Wildman–Crippen MR) is 87.8 cm³/mol. The molecule has 0 aliphatic carbocycles. The molecule has 22 heavy (non-hydrogen) atoms. The monoisotopic (exact) mass is 368 g/mol. The van der Waals surface area contributed by atoms with Crippen molar-refractivity contribution in [2.75, 3.05) is 19.6 Å². The van der Waals surface area contributed by atoms with Crippen LogP contribution in [0.4, 0.5) is 0 Å². The van der Waals surface area contributed by atoms with Crippen molar-refractivity contribution in [3.63, 3.8) is 0 Å². The van der Waals surface area contributed by atoms with Crippen molar-refractivity contribution in [2.24, 2.45) is 0 Å². The third-order valence-electron chi connectivity index (χ3n) is 3.77. The highest BCUT2D eigenvalue weighted by atomic mass is 79.9. The second kappa shape index (κ2) is 8.17. The molecular weight excluding hydrogens is 348 g/mol. The summed E-state index contributed by atoms with van der Waals surface area (Å²) in [5.41, 5.74) is 0.258. The van der Waals surface area contributed by atoms with Crippen LogP contribution in [0.3, 0.4) is 0 Å². The largest absolute Gasteiger partial charge is 0.507 e. The molecule has 5 nitrogen and oxygen atoms in total. The van der Waals surface area contributed by atoms with E-state index >= 15 is 0 Å². The minimum atomic E-state index is -0.299. The van der Waals surface area contributed by atoms with Gasteiger partial charge in [-0.2, -0.15) is 0 Å². The van der Waals surface area contributed by atoms with Gasteiger partial charge in [0.2, 0.25) is 5.91 Å². The number of carbonyl (C=O) groups excluding carboxylic acids is 2. The van der Waals surface area contributed by atoms with Gasteiger partial charge in [-0.3, -0.25) is 9.59 Å². The van der Waals surface area contributed by atoms with Crippen LogP contribution in [-0.4, -0.2) is 41.5 Å². The van der Waals surface area contributed by atoms with Crippen LogP contribution in [0.25, 0.3) is 0 Å². The van der Waals surface area contributed by atoms with E-state index in [1.54, 1.807) is 12.1 Å². The normalized spacial score (nSPS) is 15.5. The molecule has 1 fully saturated rings. The second-order valence-corrected chi connectivity index (χ2v) is 6.38. The zero-order valence-corrected chi connectivity index (χ0v) is 14.1. The van der Waals surface area contributed by atoms with Gasteiger partial charge in [-0.1, -0.05) is 22.4 Å². The number of likely N-dealkylation sites (tertiary alicyclic amines) is 1. The third kappa shape index (κ3) is 4.73. The van der Waals surface area contributed by atoms with E-state index < -0.39 is 0 Å². The van der Waals surface area contributed by atoms with E-state index in [9.17, 15) is 14.7 Å². The number of phenols is 1. The number of hydrogen-bond acceptors (Lipinski definition) is 3. The summed E-state index contributed by atoms with van der Waals surface area (Å²) in [5.74, 6) is -0.129. The summed E-state index contributed by atoms with van der Waals surface area (Å²) in [4.78, 5) is 25.7. The molecule has 1 aromatic rings. The van der Waals surface area contributed by atoms with Crippen LogP contribution in [0.5, 0.6) is 5.75 Å². The topological polar surface area (TPSA) is 69.6 Å². The summed E-state index contributed by atoms with van der Waals surface area (Å²) in [6.07, 6.45) is 4.51. The lowest BCUT2D eigenvalue weighted by atomic mass is 10.2. The average molecular weight is 369 g/mol.